The summed E-state index contributed by atoms with van der Waals surface area (Å²) in [4.78, 5) is 44.4. The van der Waals surface area contributed by atoms with E-state index in [0.717, 1.165) is 0 Å². The van der Waals surface area contributed by atoms with E-state index in [9.17, 15) is 13.9 Å². The van der Waals surface area contributed by atoms with Crippen LogP contribution in [0.4, 0.5) is 0 Å². The predicted octanol–water partition coefficient (Wildman–Crippen LogP) is -0.431. The van der Waals surface area contributed by atoms with Crippen LogP contribution >= 0.6 is 15.2 Å². The molecule has 0 fully saturated rings. The smallest absolute Gasteiger partial charge is 0.344 e. The molecule has 0 aliphatic rings. The van der Waals surface area contributed by atoms with E-state index in [1.165, 1.54) is 6.92 Å². The van der Waals surface area contributed by atoms with Crippen LogP contribution in [0.15, 0.2) is 0 Å². The molecule has 0 saturated carbocycles. The van der Waals surface area contributed by atoms with Gasteiger partial charge in [-0.3, -0.25) is 13.9 Å². The van der Waals surface area contributed by atoms with E-state index >= 15 is 0 Å². The van der Waals surface area contributed by atoms with Gasteiger partial charge in [0.15, 0.2) is 4.90 Å². The number of primary amides is 1. The van der Waals surface area contributed by atoms with E-state index in [-0.39, 0.29) is 6.42 Å². The van der Waals surface area contributed by atoms with Crippen molar-refractivity contribution in [3.63, 3.8) is 0 Å². The molecule has 16 heavy (non-hydrogen) atoms. The van der Waals surface area contributed by atoms with Crippen molar-refractivity contribution in [1.29, 1.82) is 0 Å². The van der Waals surface area contributed by atoms with E-state index in [4.69, 9.17) is 25.3 Å². The molecule has 8 nitrogen and oxygen atoms in total. The molecular formula is C6H15NO7P2. The number of carbonyl (C=O) groups excluding carboxylic acids is 1. The Bertz CT molecular complexity index is 347. The van der Waals surface area contributed by atoms with Crippen LogP contribution in [0.25, 0.3) is 0 Å². The Balaban J connectivity index is 5.88. The first-order valence-electron chi connectivity index (χ1n) is 4.30. The molecule has 0 aliphatic heterocycles. The van der Waals surface area contributed by atoms with Gasteiger partial charge in [0.2, 0.25) is 5.91 Å². The average molecular weight is 275 g/mol. The van der Waals surface area contributed by atoms with Crippen LogP contribution in [-0.2, 0) is 13.9 Å². The Morgan fingerprint density at radius 3 is 1.62 bits per heavy atom. The van der Waals surface area contributed by atoms with E-state index in [1.807, 2.05) is 0 Å². The van der Waals surface area contributed by atoms with Gasteiger partial charge in [0.05, 0.1) is 5.92 Å². The largest absolute Gasteiger partial charge is 0.369 e. The van der Waals surface area contributed by atoms with Gasteiger partial charge in [-0.25, -0.2) is 0 Å². The molecule has 0 saturated heterocycles. The topological polar surface area (TPSA) is 158 Å². The van der Waals surface area contributed by atoms with E-state index in [1.54, 1.807) is 0 Å². The maximum absolute atomic E-state index is 11.2. The van der Waals surface area contributed by atoms with Gasteiger partial charge in [-0.1, -0.05) is 6.92 Å². The summed E-state index contributed by atoms with van der Waals surface area (Å²) in [7, 11) is -10.4. The number of rotatable bonds is 5. The molecule has 0 aromatic heterocycles. The molecule has 10 heteroatoms. The monoisotopic (exact) mass is 275 g/mol. The number of amides is 1. The van der Waals surface area contributed by atoms with Crippen LogP contribution in [-0.4, -0.2) is 30.4 Å². The fraction of sp³-hybridized carbons (Fsp3) is 0.833. The quantitative estimate of drug-likeness (QED) is 0.425. The van der Waals surface area contributed by atoms with Crippen molar-refractivity contribution < 1.29 is 33.5 Å². The Hall–Kier alpha value is -0.230. The summed E-state index contributed by atoms with van der Waals surface area (Å²) in [6.07, 6.45) is -0.179. The van der Waals surface area contributed by atoms with Gasteiger partial charge in [0.25, 0.3) is 0 Å². The molecule has 6 N–H and O–H groups in total. The summed E-state index contributed by atoms with van der Waals surface area (Å²) in [5, 5.41) is 0. The third-order valence-electron chi connectivity index (χ3n) is 2.59. The predicted molar refractivity (Wildman–Crippen MR) is 55.5 cm³/mol. The normalized spacial score (nSPS) is 15.9. The zero-order valence-corrected chi connectivity index (χ0v) is 10.6. The maximum atomic E-state index is 11.2. The highest BCUT2D eigenvalue weighted by atomic mass is 31.2. The minimum Gasteiger partial charge on any atom is -0.369 e. The van der Waals surface area contributed by atoms with Gasteiger partial charge in [0.1, 0.15) is 0 Å². The Kier molecular flexibility index (Phi) is 4.50. The van der Waals surface area contributed by atoms with Crippen LogP contribution in [0.2, 0.25) is 0 Å². The van der Waals surface area contributed by atoms with Gasteiger partial charge in [0, 0.05) is 0 Å². The van der Waals surface area contributed by atoms with Crippen LogP contribution in [0.1, 0.15) is 20.3 Å². The first-order valence-corrected chi connectivity index (χ1v) is 7.52. The van der Waals surface area contributed by atoms with Gasteiger partial charge >= 0.3 is 15.2 Å². The molecule has 0 radical (unpaired) electrons. The molecule has 1 unspecified atom stereocenters. The lowest BCUT2D eigenvalue weighted by Crippen LogP contribution is -2.42. The van der Waals surface area contributed by atoms with Crippen LogP contribution in [0, 0.1) is 5.92 Å². The summed E-state index contributed by atoms with van der Waals surface area (Å²) in [5.74, 6) is -2.76. The lowest BCUT2D eigenvalue weighted by atomic mass is 10.0. The Morgan fingerprint density at radius 2 is 1.56 bits per heavy atom. The molecule has 0 bridgehead atoms. The lowest BCUT2D eigenvalue weighted by molar-refractivity contribution is -0.122. The molecule has 0 aromatic carbocycles. The SMILES string of the molecule is CCC(C(N)=O)C(C)(P(=O)(O)O)P(=O)(O)O. The van der Waals surface area contributed by atoms with Crippen molar-refractivity contribution in [2.24, 2.45) is 11.7 Å². The van der Waals surface area contributed by atoms with E-state index in [0.29, 0.717) is 6.92 Å². The molecule has 0 heterocycles. The highest BCUT2D eigenvalue weighted by Crippen LogP contribution is 2.72. The lowest BCUT2D eigenvalue weighted by Gasteiger charge is -2.35. The van der Waals surface area contributed by atoms with Gasteiger partial charge in [-0.05, 0) is 13.3 Å². The molecule has 1 amide bonds. The number of nitrogens with two attached hydrogens (primary N) is 1. The van der Waals surface area contributed by atoms with Crippen molar-refractivity contribution in [3.05, 3.63) is 0 Å². The third-order valence-corrected chi connectivity index (χ3v) is 7.14. The standard InChI is InChI=1S/C6H15NO7P2/c1-3-4(5(7)8)6(2,15(9,10)11)16(12,13)14/h4H,3H2,1-2H3,(H2,7,8)(H2,9,10,11)(H2,12,13,14). The Morgan fingerprint density at radius 1 is 1.25 bits per heavy atom. The van der Waals surface area contributed by atoms with Crippen molar-refractivity contribution in [1.82, 2.24) is 0 Å². The number of carbonyl (C=O) groups is 1. The zero-order chi connectivity index (χ0) is 13.4. The average Bonchev–Trinajstić information content (AvgIpc) is 1.99. The minimum absolute atomic E-state index is 0.179. The fourth-order valence-electron chi connectivity index (χ4n) is 1.43. The second-order valence-electron chi connectivity index (χ2n) is 3.55. The van der Waals surface area contributed by atoms with Crippen LogP contribution in [0.5, 0.6) is 0 Å². The summed E-state index contributed by atoms with van der Waals surface area (Å²) < 4.78 is 22.4. The minimum atomic E-state index is -5.20. The summed E-state index contributed by atoms with van der Waals surface area (Å²) >= 11 is 0. The fourth-order valence-corrected chi connectivity index (χ4v) is 4.22. The van der Waals surface area contributed by atoms with E-state index < -0.39 is 31.9 Å². The molecule has 0 aliphatic carbocycles. The first kappa shape index (κ1) is 15.8. The van der Waals surface area contributed by atoms with Crippen molar-refractivity contribution in [3.8, 4) is 0 Å². The van der Waals surface area contributed by atoms with E-state index in [2.05, 4.69) is 0 Å². The number of hydrogen-bond acceptors (Lipinski definition) is 3. The Labute approximate surface area is 92.2 Å². The molecule has 1 atom stereocenters. The second kappa shape index (κ2) is 4.56. The van der Waals surface area contributed by atoms with Gasteiger partial charge < -0.3 is 25.3 Å². The second-order valence-corrected chi connectivity index (χ2v) is 7.93. The van der Waals surface area contributed by atoms with Gasteiger partial charge in [-0.2, -0.15) is 0 Å². The van der Waals surface area contributed by atoms with Crippen molar-refractivity contribution in [2.75, 3.05) is 0 Å². The molecule has 96 valence electrons. The van der Waals surface area contributed by atoms with Crippen LogP contribution < -0.4 is 5.73 Å². The summed E-state index contributed by atoms with van der Waals surface area (Å²) in [6.45, 7) is 2.03. The molecule has 0 rings (SSSR count). The zero-order valence-electron chi connectivity index (χ0n) is 8.77. The van der Waals surface area contributed by atoms with Crippen molar-refractivity contribution >= 4 is 21.1 Å². The van der Waals surface area contributed by atoms with Crippen molar-refractivity contribution in [2.45, 2.75) is 25.2 Å². The first-order chi connectivity index (χ1) is 6.89. The molecule has 0 aromatic rings. The highest BCUT2D eigenvalue weighted by Gasteiger charge is 2.62. The van der Waals surface area contributed by atoms with Gasteiger partial charge in [-0.15, -0.1) is 0 Å². The third kappa shape index (κ3) is 2.53. The molecule has 0 spiro atoms. The number of hydrogen-bond donors (Lipinski definition) is 5. The summed E-state index contributed by atoms with van der Waals surface area (Å²) in [5.41, 5.74) is 4.90. The molecular weight excluding hydrogens is 260 g/mol. The summed E-state index contributed by atoms with van der Waals surface area (Å²) in [6, 6.07) is 0. The maximum Gasteiger partial charge on any atom is 0.344 e. The highest BCUT2D eigenvalue weighted by molar-refractivity contribution is 7.72. The van der Waals surface area contributed by atoms with Crippen LogP contribution in [0.3, 0.4) is 0 Å².